The number of anilines is 1. The third kappa shape index (κ3) is 2.68. The number of amides is 1. The van der Waals surface area contributed by atoms with Crippen molar-refractivity contribution in [2.45, 2.75) is 6.92 Å². The minimum atomic E-state index is -0.348. The lowest BCUT2D eigenvalue weighted by Gasteiger charge is -2.08. The molecular weight excluding hydrogens is 296 g/mol. The third-order valence-electron chi connectivity index (χ3n) is 2.45. The monoisotopic (exact) mass is 306 g/mol. The van der Waals surface area contributed by atoms with Gasteiger partial charge in [0.2, 0.25) is 5.56 Å². The lowest BCUT2D eigenvalue weighted by molar-refractivity contribution is 0.102. The first-order valence-corrected chi connectivity index (χ1v) is 6.13. The molecule has 1 amide bonds. The van der Waals surface area contributed by atoms with E-state index < -0.39 is 0 Å². The van der Waals surface area contributed by atoms with Crippen LogP contribution in [0, 0.1) is 6.92 Å². The highest BCUT2D eigenvalue weighted by atomic mass is 79.9. The Morgan fingerprint density at radius 2 is 1.94 bits per heavy atom. The van der Waals surface area contributed by atoms with E-state index in [4.69, 9.17) is 0 Å². The van der Waals surface area contributed by atoms with Gasteiger partial charge in [0.15, 0.2) is 0 Å². The number of hydrogen-bond donors (Lipinski definition) is 2. The molecule has 92 valence electrons. The molecule has 1 aromatic heterocycles. The molecule has 2 aromatic rings. The number of aryl methyl sites for hydroxylation is 1. The molecule has 5 heteroatoms. The maximum absolute atomic E-state index is 11.9. The average molecular weight is 307 g/mol. The fourth-order valence-electron chi connectivity index (χ4n) is 1.51. The van der Waals surface area contributed by atoms with Crippen LogP contribution in [0.25, 0.3) is 0 Å². The SMILES string of the molecule is Cc1cccc(NC(=O)c2cccc(=O)[nH]2)c1Br. The minimum absolute atomic E-state index is 0.232. The van der Waals surface area contributed by atoms with Gasteiger partial charge in [-0.2, -0.15) is 0 Å². The van der Waals surface area contributed by atoms with E-state index in [9.17, 15) is 9.59 Å². The van der Waals surface area contributed by atoms with E-state index in [1.165, 1.54) is 6.07 Å². The fourth-order valence-corrected chi connectivity index (χ4v) is 1.88. The van der Waals surface area contributed by atoms with E-state index in [2.05, 4.69) is 26.2 Å². The number of aromatic amines is 1. The minimum Gasteiger partial charge on any atom is -0.320 e. The highest BCUT2D eigenvalue weighted by Crippen LogP contribution is 2.25. The first-order chi connectivity index (χ1) is 8.58. The summed E-state index contributed by atoms with van der Waals surface area (Å²) in [5.41, 5.74) is 1.63. The number of aromatic nitrogens is 1. The summed E-state index contributed by atoms with van der Waals surface area (Å²) in [6.07, 6.45) is 0. The van der Waals surface area contributed by atoms with Crippen molar-refractivity contribution < 1.29 is 4.79 Å². The summed E-state index contributed by atoms with van der Waals surface area (Å²) < 4.78 is 0.830. The molecule has 0 unspecified atom stereocenters. The van der Waals surface area contributed by atoms with Gasteiger partial charge in [0, 0.05) is 10.5 Å². The predicted octanol–water partition coefficient (Wildman–Crippen LogP) is 2.70. The van der Waals surface area contributed by atoms with Gasteiger partial charge < -0.3 is 10.3 Å². The topological polar surface area (TPSA) is 62.0 Å². The van der Waals surface area contributed by atoms with E-state index in [0.29, 0.717) is 5.69 Å². The Morgan fingerprint density at radius 1 is 1.22 bits per heavy atom. The highest BCUT2D eigenvalue weighted by molar-refractivity contribution is 9.10. The molecule has 18 heavy (non-hydrogen) atoms. The van der Waals surface area contributed by atoms with Gasteiger partial charge in [-0.25, -0.2) is 0 Å². The fraction of sp³-hybridized carbons (Fsp3) is 0.0769. The van der Waals surface area contributed by atoms with E-state index >= 15 is 0 Å². The normalized spacial score (nSPS) is 10.1. The molecule has 0 saturated heterocycles. The molecule has 4 nitrogen and oxygen atoms in total. The lowest BCUT2D eigenvalue weighted by Crippen LogP contribution is -2.18. The average Bonchev–Trinajstić information content (AvgIpc) is 2.35. The molecule has 0 saturated carbocycles. The Bertz CT molecular complexity index is 649. The summed E-state index contributed by atoms with van der Waals surface area (Å²) >= 11 is 3.41. The number of carbonyl (C=O) groups excluding carboxylic acids is 1. The van der Waals surface area contributed by atoms with Crippen LogP contribution in [0.1, 0.15) is 16.1 Å². The molecule has 1 heterocycles. The number of nitrogens with one attached hydrogen (secondary N) is 2. The number of hydrogen-bond acceptors (Lipinski definition) is 2. The molecule has 0 spiro atoms. The van der Waals surface area contributed by atoms with Crippen molar-refractivity contribution >= 4 is 27.5 Å². The van der Waals surface area contributed by atoms with Crippen molar-refractivity contribution in [3.63, 3.8) is 0 Å². The van der Waals surface area contributed by atoms with Gasteiger partial charge in [0.25, 0.3) is 5.91 Å². The Hall–Kier alpha value is -1.88. The summed E-state index contributed by atoms with van der Waals surface area (Å²) in [6, 6.07) is 10.0. The van der Waals surface area contributed by atoms with Crippen LogP contribution in [0.2, 0.25) is 0 Å². The molecule has 1 aromatic carbocycles. The molecule has 0 aliphatic rings. The van der Waals surface area contributed by atoms with Gasteiger partial charge in [-0.3, -0.25) is 9.59 Å². The van der Waals surface area contributed by atoms with Crippen LogP contribution in [0.3, 0.4) is 0 Å². The Kier molecular flexibility index (Phi) is 3.62. The zero-order valence-corrected chi connectivity index (χ0v) is 11.2. The van der Waals surface area contributed by atoms with E-state index in [0.717, 1.165) is 10.0 Å². The van der Waals surface area contributed by atoms with Crippen LogP contribution >= 0.6 is 15.9 Å². The number of benzene rings is 1. The third-order valence-corrected chi connectivity index (χ3v) is 3.51. The molecule has 2 N–H and O–H groups in total. The second-order valence-corrected chi connectivity index (χ2v) is 4.61. The second-order valence-electron chi connectivity index (χ2n) is 3.82. The van der Waals surface area contributed by atoms with Gasteiger partial charge in [-0.15, -0.1) is 0 Å². The number of pyridine rings is 1. The number of carbonyl (C=O) groups is 1. The number of H-pyrrole nitrogens is 1. The first kappa shape index (κ1) is 12.6. The van der Waals surface area contributed by atoms with Gasteiger partial charge in [-0.05, 0) is 40.5 Å². The van der Waals surface area contributed by atoms with E-state index in [-0.39, 0.29) is 17.2 Å². The second kappa shape index (κ2) is 5.18. The summed E-state index contributed by atoms with van der Waals surface area (Å²) in [5, 5.41) is 2.74. The summed E-state index contributed by atoms with van der Waals surface area (Å²) in [6.45, 7) is 1.93. The summed E-state index contributed by atoms with van der Waals surface area (Å²) in [4.78, 5) is 25.5. The first-order valence-electron chi connectivity index (χ1n) is 5.34. The molecule has 0 aliphatic heterocycles. The Labute approximate surface area is 112 Å². The van der Waals surface area contributed by atoms with Crippen LogP contribution in [0.15, 0.2) is 45.7 Å². The quantitative estimate of drug-likeness (QED) is 0.896. The summed E-state index contributed by atoms with van der Waals surface area (Å²) in [7, 11) is 0. The smallest absolute Gasteiger partial charge is 0.272 e. The van der Waals surface area contributed by atoms with Gasteiger partial charge in [0.05, 0.1) is 5.69 Å². The maximum Gasteiger partial charge on any atom is 0.272 e. The molecule has 0 atom stereocenters. The van der Waals surface area contributed by atoms with E-state index in [1.807, 2.05) is 19.1 Å². The molecule has 0 aliphatic carbocycles. The van der Waals surface area contributed by atoms with Crippen LogP contribution < -0.4 is 10.9 Å². The molecule has 0 fully saturated rings. The molecular formula is C13H11BrN2O2. The van der Waals surface area contributed by atoms with Gasteiger partial charge >= 0.3 is 0 Å². The van der Waals surface area contributed by atoms with E-state index in [1.54, 1.807) is 18.2 Å². The van der Waals surface area contributed by atoms with Crippen molar-refractivity contribution in [3.05, 3.63) is 62.5 Å². The largest absolute Gasteiger partial charge is 0.320 e. The Balaban J connectivity index is 2.27. The standard InChI is InChI=1S/C13H11BrN2O2/c1-8-4-2-5-9(12(8)14)16-13(18)10-6-3-7-11(17)15-10/h2-7H,1H3,(H,15,17)(H,16,18). The zero-order valence-electron chi connectivity index (χ0n) is 9.66. The molecule has 2 rings (SSSR count). The van der Waals surface area contributed by atoms with Crippen molar-refractivity contribution in [1.82, 2.24) is 4.98 Å². The molecule has 0 bridgehead atoms. The van der Waals surface area contributed by atoms with Gasteiger partial charge in [-0.1, -0.05) is 18.2 Å². The van der Waals surface area contributed by atoms with Crippen molar-refractivity contribution in [3.8, 4) is 0 Å². The van der Waals surface area contributed by atoms with Crippen LogP contribution in [0.4, 0.5) is 5.69 Å². The Morgan fingerprint density at radius 3 is 2.67 bits per heavy atom. The zero-order chi connectivity index (χ0) is 13.1. The number of rotatable bonds is 2. The van der Waals surface area contributed by atoms with Crippen molar-refractivity contribution in [1.29, 1.82) is 0 Å². The van der Waals surface area contributed by atoms with Crippen molar-refractivity contribution in [2.75, 3.05) is 5.32 Å². The van der Waals surface area contributed by atoms with Crippen LogP contribution in [0.5, 0.6) is 0 Å². The van der Waals surface area contributed by atoms with Crippen LogP contribution in [-0.2, 0) is 0 Å². The predicted molar refractivity (Wildman–Crippen MR) is 73.9 cm³/mol. The van der Waals surface area contributed by atoms with Crippen molar-refractivity contribution in [2.24, 2.45) is 0 Å². The van der Waals surface area contributed by atoms with Gasteiger partial charge in [0.1, 0.15) is 5.69 Å². The van der Waals surface area contributed by atoms with Crippen LogP contribution in [-0.4, -0.2) is 10.9 Å². The molecule has 0 radical (unpaired) electrons. The summed E-state index contributed by atoms with van der Waals surface area (Å²) in [5.74, 6) is -0.348. The lowest BCUT2D eigenvalue weighted by atomic mass is 10.2. The number of halogens is 1. The highest BCUT2D eigenvalue weighted by Gasteiger charge is 2.09. The maximum atomic E-state index is 11.9.